The molecule has 2 rings (SSSR count). The Morgan fingerprint density at radius 3 is 1.56 bits per heavy atom. The number of aliphatic hydroxyl groups excluding tert-OH is 2. The topological polar surface area (TPSA) is 96.4 Å². The number of unbranched alkanes of at least 4 members (excludes halogenated alkanes) is 6. The van der Waals surface area contributed by atoms with E-state index in [1.807, 2.05) is 13.0 Å². The van der Waals surface area contributed by atoms with Gasteiger partial charge in [-0.25, -0.2) is 0 Å². The normalized spacial score (nSPS) is 14.9. The fourth-order valence-corrected chi connectivity index (χ4v) is 5.89. The van der Waals surface area contributed by atoms with Gasteiger partial charge in [-0.1, -0.05) is 148 Å². The lowest BCUT2D eigenvalue weighted by molar-refractivity contribution is 0.289. The van der Waals surface area contributed by atoms with Gasteiger partial charge in [-0.3, -0.25) is 4.18 Å². The molecule has 0 spiro atoms. The average Bonchev–Trinajstić information content (AvgIpc) is 3.93. The van der Waals surface area contributed by atoms with Gasteiger partial charge in [0.1, 0.15) is 0 Å². The largest absolute Gasteiger partial charge is 0.396 e. The molecule has 55 heavy (non-hydrogen) atoms. The Labute approximate surface area is 342 Å². The van der Waals surface area contributed by atoms with Crippen LogP contribution in [0.2, 0.25) is 0 Å². The molecule has 0 radical (unpaired) electrons. The summed E-state index contributed by atoms with van der Waals surface area (Å²) in [5.41, 5.74) is 1.03. The summed E-state index contributed by atoms with van der Waals surface area (Å²) in [4.78, 5) is 0.220. The van der Waals surface area contributed by atoms with Crippen molar-refractivity contribution in [1.29, 1.82) is 0 Å². The Balaban J connectivity index is -0.000000647. The van der Waals surface area contributed by atoms with Gasteiger partial charge in [-0.15, -0.1) is 6.58 Å². The van der Waals surface area contributed by atoms with Crippen LogP contribution in [0.1, 0.15) is 177 Å². The summed E-state index contributed by atoms with van der Waals surface area (Å²) in [5.74, 6) is 1.75. The number of hydrogen-bond donors (Lipinski definition) is 2. The average molecular weight is 793 g/mol. The third-order valence-corrected chi connectivity index (χ3v) is 9.70. The highest BCUT2D eigenvalue weighted by Gasteiger charge is 2.35. The molecule has 1 heterocycles. The van der Waals surface area contributed by atoms with Crippen LogP contribution in [-0.4, -0.2) is 50.7 Å². The minimum absolute atomic E-state index is 0.220. The van der Waals surface area contributed by atoms with Gasteiger partial charge in [0.2, 0.25) is 0 Å². The minimum atomic E-state index is -3.59. The van der Waals surface area contributed by atoms with Gasteiger partial charge in [0.05, 0.1) is 23.7 Å². The number of hydrogen-bond acceptors (Lipinski definition) is 6. The molecule has 1 aliphatic rings. The zero-order valence-corrected chi connectivity index (χ0v) is 38.0. The summed E-state index contributed by atoms with van der Waals surface area (Å²) in [6, 6.07) is 6.67. The van der Waals surface area contributed by atoms with Crippen LogP contribution in [0, 0.1) is 18.8 Å². The molecule has 1 fully saturated rings. The van der Waals surface area contributed by atoms with Crippen molar-refractivity contribution in [2.75, 3.05) is 19.8 Å². The van der Waals surface area contributed by atoms with E-state index < -0.39 is 10.1 Å². The number of aryl methyl sites for hydroxylation is 1. The van der Waals surface area contributed by atoms with Gasteiger partial charge < -0.3 is 14.9 Å². The molecule has 0 aliphatic carbocycles. The predicted molar refractivity (Wildman–Crippen MR) is 240 cm³/mol. The number of rotatable bonds is 26. The van der Waals surface area contributed by atoms with Crippen LogP contribution in [-0.2, 0) is 19.0 Å². The highest BCUT2D eigenvalue weighted by Crippen LogP contribution is 2.29. The Hall–Kier alpha value is -2.03. The lowest BCUT2D eigenvalue weighted by Gasteiger charge is -2.05. The standard InChI is InChI=1S/C14H20O3S.C11H22O.C11H22.C7H14O.C5H10O/c1-3-4-5-6-7-12-17-18(15,16)14-10-8-13(2)9-11-14;1-4-10-11(12-10)8-6-5-7-9(2)3;1-4-5-6-7-8-9-10-11(2)3;1-2-3-4-5-6-7-8;1-2-3-4-5-6/h4-5,8-11H,3,6-7,12H2,1-2H3;9-11H,4-8H2,1-3H3;5-6,11H,4,7-10H2,1-3H3;3-4,8H,2,5-7H2,1H3;2,6H,1,3-5H2/b5-4-;;6-5-;4-3-;. The SMILES string of the molecule is C=CCCCO.CC/C=C\CCCCC(C)C.CC/C=C\CCCO.CC/C=C\CCCOS(=O)(=O)c1ccc(C)cc1.CCC1OC1CCCCC(C)C. The zero-order valence-electron chi connectivity index (χ0n) is 37.2. The molecular formula is C48H88O6S. The molecule has 7 heteroatoms. The second-order valence-corrected chi connectivity index (χ2v) is 16.5. The Morgan fingerprint density at radius 1 is 0.673 bits per heavy atom. The summed E-state index contributed by atoms with van der Waals surface area (Å²) in [6.07, 6.45) is 36.5. The molecule has 1 aromatic rings. The van der Waals surface area contributed by atoms with Crippen molar-refractivity contribution in [3.8, 4) is 0 Å². The molecule has 2 atom stereocenters. The maximum Gasteiger partial charge on any atom is 0.296 e. The van der Waals surface area contributed by atoms with Gasteiger partial charge in [0.15, 0.2) is 0 Å². The maximum atomic E-state index is 11.8. The van der Waals surface area contributed by atoms with Crippen molar-refractivity contribution in [1.82, 2.24) is 0 Å². The van der Waals surface area contributed by atoms with E-state index in [1.165, 1.54) is 64.2 Å². The molecule has 0 bridgehead atoms. The van der Waals surface area contributed by atoms with E-state index >= 15 is 0 Å². The summed E-state index contributed by atoms with van der Waals surface area (Å²) in [6.45, 7) is 24.0. The fraction of sp³-hybridized carbons (Fsp3) is 0.708. The van der Waals surface area contributed by atoms with Crippen molar-refractivity contribution in [2.24, 2.45) is 11.8 Å². The number of allylic oxidation sites excluding steroid dienone is 7. The second kappa shape index (κ2) is 43.1. The van der Waals surface area contributed by atoms with Crippen molar-refractivity contribution < 1.29 is 27.6 Å². The van der Waals surface area contributed by atoms with E-state index in [2.05, 4.69) is 92.3 Å². The molecule has 1 aliphatic heterocycles. The monoisotopic (exact) mass is 793 g/mol. The fourth-order valence-electron chi connectivity index (χ4n) is 4.95. The van der Waals surface area contributed by atoms with Crippen LogP contribution >= 0.6 is 0 Å². The zero-order chi connectivity index (χ0) is 42.0. The molecule has 2 N–H and O–H groups in total. The van der Waals surface area contributed by atoms with Crippen LogP contribution in [0.25, 0.3) is 0 Å². The Bertz CT molecular complexity index is 1120. The van der Waals surface area contributed by atoms with Crippen molar-refractivity contribution in [3.05, 3.63) is 78.9 Å². The van der Waals surface area contributed by atoms with Crippen LogP contribution in [0.3, 0.4) is 0 Å². The van der Waals surface area contributed by atoms with Gasteiger partial charge in [0.25, 0.3) is 10.1 Å². The number of epoxide rings is 1. The van der Waals surface area contributed by atoms with Crippen LogP contribution < -0.4 is 0 Å². The minimum Gasteiger partial charge on any atom is -0.396 e. The molecule has 0 amide bonds. The molecule has 1 aromatic carbocycles. The first kappa shape index (κ1) is 57.3. The Kier molecular flexibility index (Phi) is 44.9. The van der Waals surface area contributed by atoms with E-state index in [0.717, 1.165) is 62.3 Å². The molecule has 0 aromatic heterocycles. The summed E-state index contributed by atoms with van der Waals surface area (Å²) < 4.78 is 34.0. The highest BCUT2D eigenvalue weighted by molar-refractivity contribution is 7.86. The van der Waals surface area contributed by atoms with E-state index in [1.54, 1.807) is 30.3 Å². The molecule has 322 valence electrons. The number of benzene rings is 1. The molecule has 6 nitrogen and oxygen atoms in total. The quantitative estimate of drug-likeness (QED) is 0.0420. The summed E-state index contributed by atoms with van der Waals surface area (Å²) >= 11 is 0. The van der Waals surface area contributed by atoms with Crippen molar-refractivity contribution in [2.45, 2.75) is 195 Å². The van der Waals surface area contributed by atoms with Gasteiger partial charge >= 0.3 is 0 Å². The van der Waals surface area contributed by atoms with Crippen molar-refractivity contribution >= 4 is 10.1 Å². The molecule has 1 saturated heterocycles. The van der Waals surface area contributed by atoms with E-state index in [0.29, 0.717) is 25.2 Å². The smallest absolute Gasteiger partial charge is 0.296 e. The van der Waals surface area contributed by atoms with Crippen LogP contribution in [0.15, 0.2) is 78.3 Å². The van der Waals surface area contributed by atoms with Crippen LogP contribution in [0.4, 0.5) is 0 Å². The van der Waals surface area contributed by atoms with E-state index in [-0.39, 0.29) is 18.1 Å². The first-order valence-electron chi connectivity index (χ1n) is 21.8. The third-order valence-electron chi connectivity index (χ3n) is 8.38. The lowest BCUT2D eigenvalue weighted by atomic mass is 10.0. The highest BCUT2D eigenvalue weighted by atomic mass is 32.2. The molecular weight excluding hydrogens is 705 g/mol. The van der Waals surface area contributed by atoms with E-state index in [4.69, 9.17) is 19.1 Å². The van der Waals surface area contributed by atoms with Gasteiger partial charge in [0, 0.05) is 13.2 Å². The number of ether oxygens (including phenoxy) is 1. The Morgan fingerprint density at radius 2 is 1.15 bits per heavy atom. The summed E-state index contributed by atoms with van der Waals surface area (Å²) in [7, 11) is -3.59. The van der Waals surface area contributed by atoms with Gasteiger partial charge in [-0.05, 0) is 114 Å². The van der Waals surface area contributed by atoms with Gasteiger partial charge in [-0.2, -0.15) is 8.42 Å². The molecule has 2 unspecified atom stereocenters. The van der Waals surface area contributed by atoms with Crippen LogP contribution in [0.5, 0.6) is 0 Å². The lowest BCUT2D eigenvalue weighted by Crippen LogP contribution is -2.07. The predicted octanol–water partition coefficient (Wildman–Crippen LogP) is 13.7. The summed E-state index contributed by atoms with van der Waals surface area (Å²) in [5, 5.41) is 16.5. The first-order valence-corrected chi connectivity index (χ1v) is 23.2. The molecule has 0 saturated carbocycles. The number of aliphatic hydroxyl groups is 2. The first-order chi connectivity index (χ1) is 26.4. The maximum absolute atomic E-state index is 11.8. The van der Waals surface area contributed by atoms with Crippen molar-refractivity contribution in [3.63, 3.8) is 0 Å². The van der Waals surface area contributed by atoms with E-state index in [9.17, 15) is 8.42 Å². The second-order valence-electron chi connectivity index (χ2n) is 14.9. The third kappa shape index (κ3) is 44.6.